The molecule has 8 heteroatoms. The van der Waals surface area contributed by atoms with Crippen LogP contribution in [-0.2, 0) is 11.2 Å². The second-order valence-electron chi connectivity index (χ2n) is 5.79. The molecule has 2 aromatic rings. The lowest BCUT2D eigenvalue weighted by Crippen LogP contribution is -2.40. The van der Waals surface area contributed by atoms with E-state index in [-0.39, 0.29) is 17.5 Å². The molecule has 2 aromatic heterocycles. The van der Waals surface area contributed by atoms with Gasteiger partial charge in [0.05, 0.1) is 17.1 Å². The van der Waals surface area contributed by atoms with Gasteiger partial charge in [-0.15, -0.1) is 11.3 Å². The molecule has 1 aliphatic heterocycles. The Morgan fingerprint density at radius 1 is 1.52 bits per heavy atom. The number of nitrogens with zero attached hydrogens (tertiary/aromatic N) is 3. The standard InChI is InChI=1S/C15H19N5O2S/c1-9-17-11(8-23-9)5-14(21)20-4-2-3-10(7-20)12-6-13(15(16)22)19-18-12/h6,8,10H,2-5,7H2,1H3,(H2,16,22)(H,18,19). The number of carbonyl (C=O) groups excluding carboxylic acids is 2. The SMILES string of the molecule is Cc1nc(CC(=O)N2CCCC(c3cc(C(N)=O)n[nH]3)C2)cs1. The van der Waals surface area contributed by atoms with Gasteiger partial charge in [0.15, 0.2) is 0 Å². The van der Waals surface area contributed by atoms with Crippen molar-refractivity contribution in [3.63, 3.8) is 0 Å². The molecule has 3 rings (SSSR count). The maximum absolute atomic E-state index is 12.5. The summed E-state index contributed by atoms with van der Waals surface area (Å²) in [5.74, 6) is -0.296. The van der Waals surface area contributed by atoms with Gasteiger partial charge in [-0.25, -0.2) is 4.98 Å². The Labute approximate surface area is 137 Å². The highest BCUT2D eigenvalue weighted by Crippen LogP contribution is 2.26. The molecule has 0 spiro atoms. The fourth-order valence-electron chi connectivity index (χ4n) is 2.89. The van der Waals surface area contributed by atoms with Crippen molar-refractivity contribution in [3.8, 4) is 0 Å². The quantitative estimate of drug-likeness (QED) is 0.877. The van der Waals surface area contributed by atoms with Crippen LogP contribution in [0.1, 0.15) is 45.6 Å². The molecule has 2 amide bonds. The Kier molecular flexibility index (Phi) is 4.42. The van der Waals surface area contributed by atoms with Gasteiger partial charge in [0.25, 0.3) is 5.91 Å². The van der Waals surface area contributed by atoms with Crippen LogP contribution < -0.4 is 5.73 Å². The second-order valence-corrected chi connectivity index (χ2v) is 6.85. The zero-order chi connectivity index (χ0) is 16.4. The van der Waals surface area contributed by atoms with E-state index in [4.69, 9.17) is 5.73 Å². The number of piperidine rings is 1. The first-order valence-electron chi connectivity index (χ1n) is 7.57. The highest BCUT2D eigenvalue weighted by molar-refractivity contribution is 7.09. The van der Waals surface area contributed by atoms with Gasteiger partial charge in [-0.3, -0.25) is 14.7 Å². The summed E-state index contributed by atoms with van der Waals surface area (Å²) in [6.07, 6.45) is 2.23. The van der Waals surface area contributed by atoms with E-state index in [0.29, 0.717) is 13.0 Å². The first kappa shape index (κ1) is 15.7. The number of likely N-dealkylation sites (tertiary alicyclic amines) is 1. The summed E-state index contributed by atoms with van der Waals surface area (Å²) in [7, 11) is 0. The summed E-state index contributed by atoms with van der Waals surface area (Å²) < 4.78 is 0. The molecule has 122 valence electrons. The van der Waals surface area contributed by atoms with E-state index in [1.54, 1.807) is 17.4 Å². The number of hydrogen-bond donors (Lipinski definition) is 2. The number of thiazole rings is 1. The van der Waals surface area contributed by atoms with Gasteiger partial charge in [0, 0.05) is 30.1 Å². The van der Waals surface area contributed by atoms with E-state index in [9.17, 15) is 9.59 Å². The maximum atomic E-state index is 12.5. The lowest BCUT2D eigenvalue weighted by Gasteiger charge is -2.32. The van der Waals surface area contributed by atoms with Crippen molar-refractivity contribution < 1.29 is 9.59 Å². The molecule has 23 heavy (non-hydrogen) atoms. The largest absolute Gasteiger partial charge is 0.364 e. The zero-order valence-corrected chi connectivity index (χ0v) is 13.7. The van der Waals surface area contributed by atoms with Crippen LogP contribution in [0.25, 0.3) is 0 Å². The minimum absolute atomic E-state index is 0.0923. The van der Waals surface area contributed by atoms with Crippen LogP contribution in [-0.4, -0.2) is 45.0 Å². The predicted octanol–water partition coefficient (Wildman–Crippen LogP) is 1.22. The van der Waals surface area contributed by atoms with E-state index in [1.165, 1.54) is 0 Å². The van der Waals surface area contributed by atoms with Crippen LogP contribution in [0.3, 0.4) is 0 Å². The van der Waals surface area contributed by atoms with Gasteiger partial charge in [0.2, 0.25) is 5.91 Å². The maximum Gasteiger partial charge on any atom is 0.269 e. The zero-order valence-electron chi connectivity index (χ0n) is 12.9. The number of carbonyl (C=O) groups is 2. The molecule has 3 N–H and O–H groups in total. The Bertz CT molecular complexity index is 723. The average Bonchev–Trinajstić information content (AvgIpc) is 3.17. The third-order valence-electron chi connectivity index (χ3n) is 4.06. The highest BCUT2D eigenvalue weighted by Gasteiger charge is 2.26. The van der Waals surface area contributed by atoms with Crippen molar-refractivity contribution in [1.82, 2.24) is 20.1 Å². The van der Waals surface area contributed by atoms with Gasteiger partial charge >= 0.3 is 0 Å². The summed E-state index contributed by atoms with van der Waals surface area (Å²) in [4.78, 5) is 29.8. The fraction of sp³-hybridized carbons (Fsp3) is 0.467. The van der Waals surface area contributed by atoms with E-state index in [1.807, 2.05) is 17.2 Å². The highest BCUT2D eigenvalue weighted by atomic mass is 32.1. The number of hydrogen-bond acceptors (Lipinski definition) is 5. The monoisotopic (exact) mass is 333 g/mol. The van der Waals surface area contributed by atoms with E-state index in [2.05, 4.69) is 15.2 Å². The number of aromatic nitrogens is 3. The summed E-state index contributed by atoms with van der Waals surface area (Å²) in [6.45, 7) is 3.32. The lowest BCUT2D eigenvalue weighted by atomic mass is 9.94. The Balaban J connectivity index is 1.65. The van der Waals surface area contributed by atoms with Gasteiger partial charge < -0.3 is 10.6 Å². The molecule has 0 aliphatic carbocycles. The number of aryl methyl sites for hydroxylation is 1. The van der Waals surface area contributed by atoms with Crippen LogP contribution >= 0.6 is 11.3 Å². The fourth-order valence-corrected chi connectivity index (χ4v) is 3.50. The molecular weight excluding hydrogens is 314 g/mol. The van der Waals surface area contributed by atoms with Gasteiger partial charge in [-0.05, 0) is 25.8 Å². The molecule has 0 aromatic carbocycles. The van der Waals surface area contributed by atoms with E-state index < -0.39 is 5.91 Å². The molecule has 1 saturated heterocycles. The number of aromatic amines is 1. The molecule has 1 unspecified atom stereocenters. The first-order valence-corrected chi connectivity index (χ1v) is 8.45. The van der Waals surface area contributed by atoms with Crippen molar-refractivity contribution in [2.24, 2.45) is 5.73 Å². The van der Waals surface area contributed by atoms with Crippen LogP contribution in [0, 0.1) is 6.92 Å². The molecule has 1 aliphatic rings. The van der Waals surface area contributed by atoms with Crippen LogP contribution in [0.5, 0.6) is 0 Å². The van der Waals surface area contributed by atoms with Crippen molar-refractivity contribution in [2.75, 3.05) is 13.1 Å². The Morgan fingerprint density at radius 2 is 2.35 bits per heavy atom. The van der Waals surface area contributed by atoms with Crippen molar-refractivity contribution in [3.05, 3.63) is 33.5 Å². The lowest BCUT2D eigenvalue weighted by molar-refractivity contribution is -0.131. The van der Waals surface area contributed by atoms with Crippen LogP contribution in [0.15, 0.2) is 11.4 Å². The third kappa shape index (κ3) is 3.58. The van der Waals surface area contributed by atoms with Crippen molar-refractivity contribution in [2.45, 2.75) is 32.1 Å². The molecular formula is C15H19N5O2S. The smallest absolute Gasteiger partial charge is 0.269 e. The predicted molar refractivity (Wildman–Crippen MR) is 86.2 cm³/mol. The Hall–Kier alpha value is -2.22. The number of nitrogens with two attached hydrogens (primary N) is 1. The summed E-state index contributed by atoms with van der Waals surface area (Å²) in [5, 5.41) is 9.70. The average molecular weight is 333 g/mol. The van der Waals surface area contributed by atoms with Crippen molar-refractivity contribution >= 4 is 23.2 Å². The number of amides is 2. The molecule has 7 nitrogen and oxygen atoms in total. The van der Waals surface area contributed by atoms with Gasteiger partial charge in [-0.1, -0.05) is 0 Å². The molecule has 1 atom stereocenters. The summed E-state index contributed by atoms with van der Waals surface area (Å²) in [5.41, 5.74) is 7.16. The second kappa shape index (κ2) is 6.49. The van der Waals surface area contributed by atoms with Gasteiger partial charge in [-0.2, -0.15) is 5.10 Å². The molecule has 0 radical (unpaired) electrons. The molecule has 0 bridgehead atoms. The first-order chi connectivity index (χ1) is 11.0. The number of primary amides is 1. The van der Waals surface area contributed by atoms with Crippen LogP contribution in [0.4, 0.5) is 0 Å². The third-order valence-corrected chi connectivity index (χ3v) is 4.89. The number of H-pyrrole nitrogens is 1. The molecule has 3 heterocycles. The minimum Gasteiger partial charge on any atom is -0.364 e. The normalized spacial score (nSPS) is 18.1. The topological polar surface area (TPSA) is 105 Å². The number of rotatable bonds is 4. The minimum atomic E-state index is -0.546. The van der Waals surface area contributed by atoms with E-state index in [0.717, 1.165) is 35.8 Å². The van der Waals surface area contributed by atoms with Crippen molar-refractivity contribution in [1.29, 1.82) is 0 Å². The van der Waals surface area contributed by atoms with Crippen LogP contribution in [0.2, 0.25) is 0 Å². The molecule has 0 saturated carbocycles. The number of nitrogens with one attached hydrogen (secondary N) is 1. The summed E-state index contributed by atoms with van der Waals surface area (Å²) in [6, 6.07) is 1.69. The summed E-state index contributed by atoms with van der Waals surface area (Å²) >= 11 is 1.56. The Morgan fingerprint density at radius 3 is 3.00 bits per heavy atom. The molecule has 1 fully saturated rings. The van der Waals surface area contributed by atoms with Gasteiger partial charge in [0.1, 0.15) is 5.69 Å². The van der Waals surface area contributed by atoms with E-state index >= 15 is 0 Å².